The monoisotopic (exact) mass is 194 g/mol. The fourth-order valence-corrected chi connectivity index (χ4v) is 1.53. The molecule has 1 aliphatic carbocycles. The number of hydrogen-bond acceptors (Lipinski definition) is 2. The molecule has 0 spiro atoms. The molecular weight excluding hydrogens is 180 g/mol. The molecule has 0 fully saturated rings. The summed E-state index contributed by atoms with van der Waals surface area (Å²) in [5, 5.41) is 2.09. The van der Waals surface area contributed by atoms with Gasteiger partial charge in [-0.05, 0) is 20.3 Å². The van der Waals surface area contributed by atoms with Gasteiger partial charge in [-0.3, -0.25) is 10.1 Å². The van der Waals surface area contributed by atoms with E-state index in [4.69, 9.17) is 5.73 Å². The molecule has 1 unspecified atom stereocenters. The van der Waals surface area contributed by atoms with E-state index in [1.54, 1.807) is 13.0 Å². The first-order chi connectivity index (χ1) is 6.44. The summed E-state index contributed by atoms with van der Waals surface area (Å²) in [6.45, 7) is 3.72. The van der Waals surface area contributed by atoms with Crippen LogP contribution in [0.2, 0.25) is 0 Å². The fourth-order valence-electron chi connectivity index (χ4n) is 1.53. The number of amides is 3. The molecule has 0 aromatic rings. The molecule has 4 nitrogen and oxygen atoms in total. The summed E-state index contributed by atoms with van der Waals surface area (Å²) in [7, 11) is 0. The summed E-state index contributed by atoms with van der Waals surface area (Å²) in [4.78, 5) is 22.1. The van der Waals surface area contributed by atoms with Crippen LogP contribution in [0.4, 0.5) is 4.79 Å². The maximum Gasteiger partial charge on any atom is 0.318 e. The molecule has 4 heteroatoms. The number of imide groups is 1. The first kappa shape index (κ1) is 10.5. The second-order valence-corrected chi connectivity index (χ2v) is 3.78. The Morgan fingerprint density at radius 2 is 2.21 bits per heavy atom. The summed E-state index contributed by atoms with van der Waals surface area (Å²) in [6, 6.07) is -0.808. The van der Waals surface area contributed by atoms with Crippen molar-refractivity contribution >= 4 is 11.9 Å². The van der Waals surface area contributed by atoms with Crippen molar-refractivity contribution in [3.05, 3.63) is 23.8 Å². The second kappa shape index (κ2) is 3.65. The van der Waals surface area contributed by atoms with E-state index in [9.17, 15) is 9.59 Å². The normalized spacial score (nSPS) is 25.4. The van der Waals surface area contributed by atoms with E-state index in [1.807, 2.05) is 19.1 Å². The lowest BCUT2D eigenvalue weighted by atomic mass is 9.80. The van der Waals surface area contributed by atoms with Gasteiger partial charge in [0.15, 0.2) is 0 Å². The predicted octanol–water partition coefficient (Wildman–Crippen LogP) is 1.09. The van der Waals surface area contributed by atoms with Crippen LogP contribution >= 0.6 is 0 Å². The van der Waals surface area contributed by atoms with Crippen LogP contribution in [-0.2, 0) is 4.79 Å². The lowest BCUT2D eigenvalue weighted by molar-refractivity contribution is -0.126. The summed E-state index contributed by atoms with van der Waals surface area (Å²) >= 11 is 0. The zero-order valence-corrected chi connectivity index (χ0v) is 8.33. The van der Waals surface area contributed by atoms with Gasteiger partial charge in [-0.1, -0.05) is 23.8 Å². The summed E-state index contributed by atoms with van der Waals surface area (Å²) in [5.41, 5.74) is 5.33. The Balaban J connectivity index is 2.77. The van der Waals surface area contributed by atoms with E-state index in [-0.39, 0.29) is 5.91 Å². The van der Waals surface area contributed by atoms with Gasteiger partial charge in [0.1, 0.15) is 0 Å². The topological polar surface area (TPSA) is 72.2 Å². The average molecular weight is 194 g/mol. The molecule has 0 saturated heterocycles. The third-order valence-electron chi connectivity index (χ3n) is 2.25. The highest BCUT2D eigenvalue weighted by Gasteiger charge is 2.32. The van der Waals surface area contributed by atoms with Gasteiger partial charge in [-0.2, -0.15) is 0 Å². The third kappa shape index (κ3) is 2.22. The van der Waals surface area contributed by atoms with E-state index in [1.165, 1.54) is 0 Å². The first-order valence-electron chi connectivity index (χ1n) is 4.40. The molecule has 0 aliphatic heterocycles. The summed E-state index contributed by atoms with van der Waals surface area (Å²) < 4.78 is 0. The van der Waals surface area contributed by atoms with Gasteiger partial charge in [-0.25, -0.2) is 4.79 Å². The van der Waals surface area contributed by atoms with E-state index in [0.717, 1.165) is 5.57 Å². The Bertz CT molecular complexity index is 331. The molecule has 0 saturated carbocycles. The number of urea groups is 1. The minimum absolute atomic E-state index is 0.353. The quantitative estimate of drug-likeness (QED) is 0.656. The van der Waals surface area contributed by atoms with Crippen LogP contribution in [0.3, 0.4) is 0 Å². The number of nitrogens with one attached hydrogen (secondary N) is 1. The highest BCUT2D eigenvalue weighted by atomic mass is 16.2. The van der Waals surface area contributed by atoms with Crippen molar-refractivity contribution in [2.75, 3.05) is 0 Å². The van der Waals surface area contributed by atoms with Crippen LogP contribution in [0.15, 0.2) is 23.8 Å². The Kier molecular flexibility index (Phi) is 2.74. The average Bonchev–Trinajstić information content (AvgIpc) is 2.02. The molecule has 1 atom stereocenters. The maximum atomic E-state index is 11.6. The smallest absolute Gasteiger partial charge is 0.318 e. The van der Waals surface area contributed by atoms with Crippen molar-refractivity contribution in [3.63, 3.8) is 0 Å². The summed E-state index contributed by atoms with van der Waals surface area (Å²) in [5.74, 6) is -0.353. The number of allylic oxidation sites excluding steroid dienone is 3. The molecule has 76 valence electrons. The minimum atomic E-state index is -0.808. The van der Waals surface area contributed by atoms with Gasteiger partial charge in [0, 0.05) is 0 Å². The van der Waals surface area contributed by atoms with Crippen molar-refractivity contribution in [3.8, 4) is 0 Å². The minimum Gasteiger partial charge on any atom is -0.351 e. The van der Waals surface area contributed by atoms with Crippen molar-refractivity contribution in [2.24, 2.45) is 11.1 Å². The molecule has 0 aromatic carbocycles. The Morgan fingerprint density at radius 3 is 2.71 bits per heavy atom. The number of carbonyl (C=O) groups is 2. The Hall–Kier alpha value is -1.58. The lowest BCUT2D eigenvalue weighted by Gasteiger charge is -2.26. The Labute approximate surface area is 82.9 Å². The first-order valence-corrected chi connectivity index (χ1v) is 4.40. The highest BCUT2D eigenvalue weighted by Crippen LogP contribution is 2.30. The summed E-state index contributed by atoms with van der Waals surface area (Å²) in [6.07, 6.45) is 6.15. The van der Waals surface area contributed by atoms with E-state index in [0.29, 0.717) is 6.42 Å². The van der Waals surface area contributed by atoms with Crippen LogP contribution in [0, 0.1) is 5.41 Å². The second-order valence-electron chi connectivity index (χ2n) is 3.78. The number of nitrogens with two attached hydrogens (primary N) is 1. The van der Waals surface area contributed by atoms with Gasteiger partial charge in [-0.15, -0.1) is 0 Å². The molecule has 0 radical (unpaired) electrons. The van der Waals surface area contributed by atoms with E-state index < -0.39 is 11.4 Å². The molecule has 0 heterocycles. The maximum absolute atomic E-state index is 11.6. The van der Waals surface area contributed by atoms with Crippen molar-refractivity contribution < 1.29 is 9.59 Å². The molecule has 1 aliphatic rings. The predicted molar refractivity (Wildman–Crippen MR) is 53.3 cm³/mol. The molecule has 1 rings (SSSR count). The largest absolute Gasteiger partial charge is 0.351 e. The van der Waals surface area contributed by atoms with Crippen LogP contribution in [0.25, 0.3) is 0 Å². The standard InChI is InChI=1S/C10H14N2O2/c1-7-4-3-5-10(2,6-7)8(13)12-9(11)14/h3-5H,6H2,1-2H3,(H3,11,12,13,14). The van der Waals surface area contributed by atoms with Gasteiger partial charge < -0.3 is 5.73 Å². The fraction of sp³-hybridized carbons (Fsp3) is 0.400. The van der Waals surface area contributed by atoms with Gasteiger partial charge in [0.2, 0.25) is 5.91 Å². The van der Waals surface area contributed by atoms with E-state index >= 15 is 0 Å². The van der Waals surface area contributed by atoms with Gasteiger partial charge in [0.05, 0.1) is 5.41 Å². The number of carbonyl (C=O) groups excluding carboxylic acids is 2. The number of rotatable bonds is 1. The van der Waals surface area contributed by atoms with Crippen molar-refractivity contribution in [2.45, 2.75) is 20.3 Å². The SMILES string of the molecule is CC1=CC=CC(C)(C(=O)NC(N)=O)C1. The van der Waals surface area contributed by atoms with Crippen LogP contribution in [-0.4, -0.2) is 11.9 Å². The number of primary amides is 1. The molecule has 0 bridgehead atoms. The van der Waals surface area contributed by atoms with Crippen molar-refractivity contribution in [1.82, 2.24) is 5.32 Å². The lowest BCUT2D eigenvalue weighted by Crippen LogP contribution is -2.44. The zero-order valence-electron chi connectivity index (χ0n) is 8.33. The van der Waals surface area contributed by atoms with E-state index in [2.05, 4.69) is 5.32 Å². The van der Waals surface area contributed by atoms with Crippen LogP contribution in [0.1, 0.15) is 20.3 Å². The number of hydrogen-bond donors (Lipinski definition) is 2. The van der Waals surface area contributed by atoms with Crippen molar-refractivity contribution in [1.29, 1.82) is 0 Å². The molecular formula is C10H14N2O2. The molecule has 0 aromatic heterocycles. The van der Waals surface area contributed by atoms with Crippen LogP contribution < -0.4 is 11.1 Å². The molecule has 3 N–H and O–H groups in total. The Morgan fingerprint density at radius 1 is 1.57 bits per heavy atom. The molecule has 14 heavy (non-hydrogen) atoms. The van der Waals surface area contributed by atoms with Crippen LogP contribution in [0.5, 0.6) is 0 Å². The van der Waals surface area contributed by atoms with Gasteiger partial charge >= 0.3 is 6.03 Å². The third-order valence-corrected chi connectivity index (χ3v) is 2.25. The molecule has 3 amide bonds. The zero-order chi connectivity index (χ0) is 10.8. The van der Waals surface area contributed by atoms with Gasteiger partial charge in [0.25, 0.3) is 0 Å². The highest BCUT2D eigenvalue weighted by molar-refractivity contribution is 5.97.